The zero-order valence-electron chi connectivity index (χ0n) is 16.6. The lowest BCUT2D eigenvalue weighted by Crippen LogP contribution is -3.00. The second-order valence-corrected chi connectivity index (χ2v) is 11.7. The summed E-state index contributed by atoms with van der Waals surface area (Å²) in [5.74, 6) is 0.222. The Morgan fingerprint density at radius 3 is 1.96 bits per heavy atom. The SMILES string of the molecule is CCCCS(=O)(=O)NCCC[N+](C)(C)CCC[Si](OC)(OC)OC.[Cl-]. The maximum Gasteiger partial charge on any atom is 0.500 e. The van der Waals surface area contributed by atoms with Crippen LogP contribution in [0.1, 0.15) is 32.6 Å². The average molecular weight is 421 g/mol. The molecule has 0 aromatic heterocycles. The first-order chi connectivity index (χ1) is 11.2. The first-order valence-electron chi connectivity index (χ1n) is 8.60. The number of sulfonamides is 1. The maximum absolute atomic E-state index is 11.7. The van der Waals surface area contributed by atoms with Gasteiger partial charge in [0.05, 0.1) is 32.9 Å². The Morgan fingerprint density at radius 2 is 1.48 bits per heavy atom. The molecular weight excluding hydrogens is 384 g/mol. The predicted molar refractivity (Wildman–Crippen MR) is 99.4 cm³/mol. The van der Waals surface area contributed by atoms with E-state index in [2.05, 4.69) is 18.8 Å². The van der Waals surface area contributed by atoms with Gasteiger partial charge in [-0.2, -0.15) is 0 Å². The third kappa shape index (κ3) is 12.3. The monoisotopic (exact) mass is 420 g/mol. The van der Waals surface area contributed by atoms with Gasteiger partial charge in [0, 0.05) is 46.8 Å². The second kappa shape index (κ2) is 13.4. The van der Waals surface area contributed by atoms with Crippen LogP contribution in [0, 0.1) is 0 Å². The topological polar surface area (TPSA) is 73.9 Å². The van der Waals surface area contributed by atoms with Gasteiger partial charge < -0.3 is 30.2 Å². The largest absolute Gasteiger partial charge is 1.00 e. The van der Waals surface area contributed by atoms with Gasteiger partial charge in [-0.05, 0) is 6.42 Å². The molecule has 0 aromatic carbocycles. The standard InChI is InChI=1S/C15H37N2O5SSi.ClH/c1-7-8-14-23(18,19)16-11-9-12-17(2,3)13-10-15-24(20-4,21-5)22-6;/h16H,7-15H2,1-6H3;1H/q+1;/p-1. The molecule has 0 heterocycles. The van der Waals surface area contributed by atoms with Crippen molar-refractivity contribution in [3.63, 3.8) is 0 Å². The quantitative estimate of drug-likeness (QED) is 0.197. The minimum atomic E-state index is -3.11. The van der Waals surface area contributed by atoms with Crippen molar-refractivity contribution in [2.45, 2.75) is 38.7 Å². The number of halogens is 1. The molecule has 10 heteroatoms. The molecule has 25 heavy (non-hydrogen) atoms. The van der Waals surface area contributed by atoms with Crippen LogP contribution in [0.5, 0.6) is 0 Å². The molecule has 0 aliphatic heterocycles. The van der Waals surface area contributed by atoms with Crippen LogP contribution in [0.4, 0.5) is 0 Å². The number of rotatable bonds is 15. The Bertz CT molecular complexity index is 425. The lowest BCUT2D eigenvalue weighted by atomic mass is 10.3. The van der Waals surface area contributed by atoms with E-state index in [1.54, 1.807) is 21.3 Å². The number of quaternary nitrogens is 1. The molecule has 0 atom stereocenters. The second-order valence-electron chi connectivity index (χ2n) is 6.70. The lowest BCUT2D eigenvalue weighted by Gasteiger charge is -2.31. The summed E-state index contributed by atoms with van der Waals surface area (Å²) in [6.45, 7) is 4.37. The molecule has 0 unspecified atom stereocenters. The third-order valence-corrected chi connectivity index (χ3v) is 8.51. The van der Waals surface area contributed by atoms with E-state index in [4.69, 9.17) is 13.3 Å². The number of hydrogen-bond acceptors (Lipinski definition) is 5. The van der Waals surface area contributed by atoms with Crippen molar-refractivity contribution >= 4 is 18.8 Å². The molecule has 0 spiro atoms. The molecule has 0 fully saturated rings. The smallest absolute Gasteiger partial charge is 0.500 e. The molecule has 0 aliphatic carbocycles. The van der Waals surface area contributed by atoms with Crippen LogP contribution in [0.25, 0.3) is 0 Å². The minimum Gasteiger partial charge on any atom is -1.00 e. The summed E-state index contributed by atoms with van der Waals surface area (Å²) < 4.78 is 43.3. The van der Waals surface area contributed by atoms with E-state index in [1.165, 1.54) is 0 Å². The van der Waals surface area contributed by atoms with Crippen LogP contribution >= 0.6 is 0 Å². The molecule has 0 aliphatic rings. The van der Waals surface area contributed by atoms with Crippen LogP contribution in [0.15, 0.2) is 0 Å². The molecule has 154 valence electrons. The van der Waals surface area contributed by atoms with Gasteiger partial charge in [-0.3, -0.25) is 0 Å². The van der Waals surface area contributed by atoms with Gasteiger partial charge in [0.25, 0.3) is 0 Å². The molecular formula is C15H37ClN2O5SSi. The van der Waals surface area contributed by atoms with E-state index in [-0.39, 0.29) is 18.2 Å². The molecule has 0 saturated carbocycles. The van der Waals surface area contributed by atoms with E-state index in [9.17, 15) is 8.42 Å². The highest BCUT2D eigenvalue weighted by molar-refractivity contribution is 7.89. The molecule has 0 aromatic rings. The predicted octanol–water partition coefficient (Wildman–Crippen LogP) is -1.56. The molecule has 1 N–H and O–H groups in total. The summed E-state index contributed by atoms with van der Waals surface area (Å²) in [6.07, 6.45) is 3.36. The normalized spacial score (nSPS) is 12.9. The number of hydrogen-bond donors (Lipinski definition) is 1. The molecule has 0 saturated heterocycles. The molecule has 0 bridgehead atoms. The van der Waals surface area contributed by atoms with Crippen molar-refractivity contribution in [1.29, 1.82) is 0 Å². The first-order valence-corrected chi connectivity index (χ1v) is 12.2. The van der Waals surface area contributed by atoms with Crippen molar-refractivity contribution < 1.29 is 38.6 Å². The van der Waals surface area contributed by atoms with Gasteiger partial charge >= 0.3 is 8.80 Å². The van der Waals surface area contributed by atoms with E-state index in [0.29, 0.717) is 13.0 Å². The fourth-order valence-corrected chi connectivity index (χ4v) is 5.50. The Hall–Kier alpha value is 0.257. The molecule has 0 rings (SSSR count). The Kier molecular flexibility index (Phi) is 14.8. The number of nitrogens with one attached hydrogen (secondary N) is 1. The average Bonchev–Trinajstić information content (AvgIpc) is 2.54. The molecule has 0 amide bonds. The van der Waals surface area contributed by atoms with E-state index in [0.717, 1.165) is 42.9 Å². The summed E-state index contributed by atoms with van der Waals surface area (Å²) in [5, 5.41) is 0. The van der Waals surface area contributed by atoms with Crippen LogP contribution in [-0.2, 0) is 23.3 Å². The van der Waals surface area contributed by atoms with Gasteiger partial charge in [-0.25, -0.2) is 13.1 Å². The highest BCUT2D eigenvalue weighted by atomic mass is 35.5. The van der Waals surface area contributed by atoms with Crippen molar-refractivity contribution in [2.75, 3.05) is 60.8 Å². The first kappa shape index (κ1) is 27.5. The number of nitrogens with zero attached hydrogens (tertiary/aromatic N) is 1. The van der Waals surface area contributed by atoms with E-state index in [1.807, 2.05) is 6.92 Å². The summed E-state index contributed by atoms with van der Waals surface area (Å²) in [7, 11) is 3.59. The summed E-state index contributed by atoms with van der Waals surface area (Å²) in [5.41, 5.74) is 0. The highest BCUT2D eigenvalue weighted by Gasteiger charge is 2.37. The summed E-state index contributed by atoms with van der Waals surface area (Å²) >= 11 is 0. The summed E-state index contributed by atoms with van der Waals surface area (Å²) in [4.78, 5) is 0. The maximum atomic E-state index is 11.7. The van der Waals surface area contributed by atoms with Gasteiger partial charge in [0.15, 0.2) is 0 Å². The third-order valence-electron chi connectivity index (χ3n) is 4.21. The number of unbranched alkanes of at least 4 members (excludes halogenated alkanes) is 1. The molecule has 7 nitrogen and oxygen atoms in total. The Labute approximate surface area is 161 Å². The van der Waals surface area contributed by atoms with Gasteiger partial charge in [0.1, 0.15) is 0 Å². The van der Waals surface area contributed by atoms with Crippen LogP contribution < -0.4 is 17.1 Å². The Morgan fingerprint density at radius 1 is 0.960 bits per heavy atom. The van der Waals surface area contributed by atoms with E-state index < -0.39 is 18.8 Å². The molecule has 0 radical (unpaired) electrons. The van der Waals surface area contributed by atoms with Crippen LogP contribution in [0.2, 0.25) is 6.04 Å². The van der Waals surface area contributed by atoms with E-state index >= 15 is 0 Å². The van der Waals surface area contributed by atoms with Crippen molar-refractivity contribution in [1.82, 2.24) is 4.72 Å². The van der Waals surface area contributed by atoms with Crippen LogP contribution in [0.3, 0.4) is 0 Å². The van der Waals surface area contributed by atoms with Crippen molar-refractivity contribution in [3.05, 3.63) is 0 Å². The zero-order valence-corrected chi connectivity index (χ0v) is 19.2. The highest BCUT2D eigenvalue weighted by Crippen LogP contribution is 2.16. The zero-order chi connectivity index (χ0) is 18.7. The fourth-order valence-electron chi connectivity index (χ4n) is 2.53. The minimum absolute atomic E-state index is 0. The Balaban J connectivity index is 0. The summed E-state index contributed by atoms with van der Waals surface area (Å²) in [6, 6.07) is 0.780. The van der Waals surface area contributed by atoms with Gasteiger partial charge in [-0.1, -0.05) is 13.3 Å². The van der Waals surface area contributed by atoms with Crippen molar-refractivity contribution in [2.24, 2.45) is 0 Å². The van der Waals surface area contributed by atoms with Gasteiger partial charge in [-0.15, -0.1) is 0 Å². The van der Waals surface area contributed by atoms with Crippen molar-refractivity contribution in [3.8, 4) is 0 Å². The fraction of sp³-hybridized carbons (Fsp3) is 1.00. The lowest BCUT2D eigenvalue weighted by molar-refractivity contribution is -0.890. The van der Waals surface area contributed by atoms with Gasteiger partial charge in [0.2, 0.25) is 10.0 Å². The van der Waals surface area contributed by atoms with Crippen LogP contribution in [-0.4, -0.2) is 82.5 Å².